The zero-order valence-electron chi connectivity index (χ0n) is 18.2. The Morgan fingerprint density at radius 1 is 1.16 bits per heavy atom. The van der Waals surface area contributed by atoms with E-state index in [1.807, 2.05) is 12.3 Å². The molecule has 162 valence electrons. The molecular weight excluding hydrogens is 391 g/mol. The number of halogens is 1. The molecule has 4 nitrogen and oxygen atoms in total. The number of nitrogens with zero attached hydrogens (tertiary/aromatic N) is 2. The van der Waals surface area contributed by atoms with Gasteiger partial charge in [-0.15, -0.1) is 0 Å². The Hall–Kier alpha value is -3.08. The van der Waals surface area contributed by atoms with E-state index in [0.717, 1.165) is 49.1 Å². The predicted molar refractivity (Wildman–Crippen MR) is 122 cm³/mol. The van der Waals surface area contributed by atoms with Gasteiger partial charge < -0.3 is 5.11 Å². The number of hydrogen-bond acceptors (Lipinski definition) is 3. The maximum Gasteiger partial charge on any atom is 0.303 e. The average Bonchev–Trinajstić information content (AvgIpc) is 3.02. The molecule has 0 aliphatic heterocycles. The maximum atomic E-state index is 14.7. The van der Waals surface area contributed by atoms with Crippen LogP contribution in [0.3, 0.4) is 0 Å². The van der Waals surface area contributed by atoms with Crippen molar-refractivity contribution < 1.29 is 14.3 Å². The van der Waals surface area contributed by atoms with Gasteiger partial charge in [0.15, 0.2) is 0 Å². The van der Waals surface area contributed by atoms with Crippen LogP contribution in [0.15, 0.2) is 54.3 Å². The summed E-state index contributed by atoms with van der Waals surface area (Å²) < 4.78 is 14.7. The highest BCUT2D eigenvalue weighted by Gasteiger charge is 2.16. The normalized spacial score (nSPS) is 13.5. The molecule has 0 unspecified atom stereocenters. The second-order valence-electron chi connectivity index (χ2n) is 7.76. The van der Waals surface area contributed by atoms with Crippen LogP contribution >= 0.6 is 0 Å². The van der Waals surface area contributed by atoms with Crippen molar-refractivity contribution in [1.29, 1.82) is 0 Å². The smallest absolute Gasteiger partial charge is 0.303 e. The summed E-state index contributed by atoms with van der Waals surface area (Å²) in [6, 6.07) is 4.93. The standard InChI is InChI=1S/C26H29FN2O2/c1-3-5-9-22-17-28-25(20-8-6-7-18(4-2)10-11-20)26(29-22)21-13-12-19(23(27)16-21)14-15-24(30)31/h6-7,10-13,16-17H,3-5,8-9,14-15H2,1-2H3,(H,30,31). The van der Waals surface area contributed by atoms with E-state index in [-0.39, 0.29) is 12.8 Å². The largest absolute Gasteiger partial charge is 0.481 e. The summed E-state index contributed by atoms with van der Waals surface area (Å²) in [7, 11) is 0. The third-order valence-electron chi connectivity index (χ3n) is 5.42. The Labute approximate surface area is 183 Å². The van der Waals surface area contributed by atoms with Gasteiger partial charge >= 0.3 is 5.97 Å². The summed E-state index contributed by atoms with van der Waals surface area (Å²) in [5, 5.41) is 8.88. The summed E-state index contributed by atoms with van der Waals surface area (Å²) in [4.78, 5) is 20.4. The molecule has 1 aromatic carbocycles. The van der Waals surface area contributed by atoms with Crippen molar-refractivity contribution in [2.75, 3.05) is 0 Å². The molecule has 2 aromatic rings. The first kappa shape index (κ1) is 22.6. The minimum atomic E-state index is -0.937. The summed E-state index contributed by atoms with van der Waals surface area (Å²) in [5.74, 6) is -1.35. The van der Waals surface area contributed by atoms with E-state index in [2.05, 4.69) is 38.2 Å². The molecule has 0 bridgehead atoms. The van der Waals surface area contributed by atoms with Gasteiger partial charge in [0, 0.05) is 18.2 Å². The molecule has 1 aromatic heterocycles. The number of hydrogen-bond donors (Lipinski definition) is 1. The highest BCUT2D eigenvalue weighted by atomic mass is 19.1. The fraction of sp³-hybridized carbons (Fsp3) is 0.346. The molecule has 0 fully saturated rings. The van der Waals surface area contributed by atoms with E-state index >= 15 is 0 Å². The summed E-state index contributed by atoms with van der Waals surface area (Å²) in [6.45, 7) is 4.26. The Balaban J connectivity index is 2.03. The van der Waals surface area contributed by atoms with Crippen LogP contribution in [0.2, 0.25) is 0 Å². The zero-order chi connectivity index (χ0) is 22.2. The van der Waals surface area contributed by atoms with E-state index in [4.69, 9.17) is 15.1 Å². The molecule has 1 N–H and O–H groups in total. The topological polar surface area (TPSA) is 63.1 Å². The number of aromatic nitrogens is 2. The molecule has 3 rings (SSSR count). The van der Waals surface area contributed by atoms with Gasteiger partial charge in [-0.2, -0.15) is 0 Å². The summed E-state index contributed by atoms with van der Waals surface area (Å²) in [5.41, 5.74) is 5.67. The van der Waals surface area contributed by atoms with Crippen LogP contribution in [-0.2, 0) is 17.6 Å². The van der Waals surface area contributed by atoms with Crippen LogP contribution in [0.1, 0.15) is 62.9 Å². The van der Waals surface area contributed by atoms with Gasteiger partial charge in [0.05, 0.1) is 17.1 Å². The van der Waals surface area contributed by atoms with Gasteiger partial charge in [0.25, 0.3) is 0 Å². The first-order valence-electron chi connectivity index (χ1n) is 10.9. The van der Waals surface area contributed by atoms with Gasteiger partial charge in [0.2, 0.25) is 0 Å². The van der Waals surface area contributed by atoms with Gasteiger partial charge in [-0.25, -0.2) is 9.37 Å². The molecule has 31 heavy (non-hydrogen) atoms. The zero-order valence-corrected chi connectivity index (χ0v) is 18.2. The lowest BCUT2D eigenvalue weighted by molar-refractivity contribution is -0.136. The van der Waals surface area contributed by atoms with Crippen molar-refractivity contribution in [3.05, 3.63) is 77.0 Å². The molecule has 0 saturated heterocycles. The van der Waals surface area contributed by atoms with E-state index in [1.165, 1.54) is 11.6 Å². The van der Waals surface area contributed by atoms with Gasteiger partial charge in [-0.1, -0.05) is 56.7 Å². The van der Waals surface area contributed by atoms with Crippen LogP contribution in [0.4, 0.5) is 4.39 Å². The highest BCUT2D eigenvalue weighted by Crippen LogP contribution is 2.31. The van der Waals surface area contributed by atoms with E-state index in [1.54, 1.807) is 6.07 Å². The van der Waals surface area contributed by atoms with Crippen LogP contribution in [0, 0.1) is 5.82 Å². The lowest BCUT2D eigenvalue weighted by atomic mass is 9.99. The molecule has 0 saturated carbocycles. The SMILES string of the molecule is CCCCc1cnc(C2=CC=C(CC)C=CC2)c(-c2ccc(CCC(=O)O)c(F)c2)n1. The fourth-order valence-corrected chi connectivity index (χ4v) is 3.56. The summed E-state index contributed by atoms with van der Waals surface area (Å²) >= 11 is 0. The molecule has 1 aliphatic carbocycles. The second kappa shape index (κ2) is 10.8. The Bertz CT molecular complexity index is 1040. The molecule has 5 heteroatoms. The monoisotopic (exact) mass is 420 g/mol. The first-order valence-corrected chi connectivity index (χ1v) is 10.9. The molecular formula is C26H29FN2O2. The lowest BCUT2D eigenvalue weighted by Crippen LogP contribution is -2.03. The molecule has 0 radical (unpaired) electrons. The van der Waals surface area contributed by atoms with Crippen molar-refractivity contribution in [3.63, 3.8) is 0 Å². The Kier molecular flexibility index (Phi) is 7.88. The molecule has 0 amide bonds. The highest BCUT2D eigenvalue weighted by molar-refractivity contribution is 5.78. The van der Waals surface area contributed by atoms with Crippen LogP contribution in [-0.4, -0.2) is 21.0 Å². The average molecular weight is 421 g/mol. The number of carboxylic acid groups (broad SMARTS) is 1. The third-order valence-corrected chi connectivity index (χ3v) is 5.42. The van der Waals surface area contributed by atoms with Crippen molar-refractivity contribution in [2.45, 2.75) is 58.8 Å². The number of rotatable bonds is 9. The first-order chi connectivity index (χ1) is 15.0. The van der Waals surface area contributed by atoms with E-state index in [0.29, 0.717) is 16.8 Å². The Morgan fingerprint density at radius 2 is 2.00 bits per heavy atom. The molecule has 1 heterocycles. The van der Waals surface area contributed by atoms with Gasteiger partial charge in [-0.05, 0) is 54.9 Å². The summed E-state index contributed by atoms with van der Waals surface area (Å²) in [6.07, 6.45) is 14.9. The van der Waals surface area contributed by atoms with Crippen molar-refractivity contribution in [2.24, 2.45) is 0 Å². The van der Waals surface area contributed by atoms with E-state index < -0.39 is 11.8 Å². The van der Waals surface area contributed by atoms with E-state index in [9.17, 15) is 9.18 Å². The molecule has 0 atom stereocenters. The van der Waals surface area contributed by atoms with Crippen LogP contribution < -0.4 is 0 Å². The number of aryl methyl sites for hydroxylation is 2. The van der Waals surface area contributed by atoms with Crippen molar-refractivity contribution >= 4 is 11.5 Å². The molecule has 0 spiro atoms. The number of unbranched alkanes of at least 4 members (excludes halogenated alkanes) is 1. The maximum absolute atomic E-state index is 14.7. The van der Waals surface area contributed by atoms with Crippen LogP contribution in [0.25, 0.3) is 16.8 Å². The van der Waals surface area contributed by atoms with Crippen molar-refractivity contribution in [3.8, 4) is 11.3 Å². The number of carboxylic acids is 1. The minimum Gasteiger partial charge on any atom is -0.481 e. The quantitative estimate of drug-likeness (QED) is 0.515. The van der Waals surface area contributed by atoms with Gasteiger partial charge in [0.1, 0.15) is 5.82 Å². The van der Waals surface area contributed by atoms with Crippen molar-refractivity contribution in [1.82, 2.24) is 9.97 Å². The van der Waals surface area contributed by atoms with Gasteiger partial charge in [-0.3, -0.25) is 9.78 Å². The number of carbonyl (C=O) groups is 1. The fourth-order valence-electron chi connectivity index (χ4n) is 3.56. The lowest BCUT2D eigenvalue weighted by Gasteiger charge is -2.13. The van der Waals surface area contributed by atoms with Crippen LogP contribution in [0.5, 0.6) is 0 Å². The number of benzene rings is 1. The third kappa shape index (κ3) is 5.97. The number of allylic oxidation sites excluding steroid dienone is 6. The second-order valence-corrected chi connectivity index (χ2v) is 7.76. The minimum absolute atomic E-state index is 0.0981. The molecule has 1 aliphatic rings. The number of aliphatic carboxylic acids is 1. The predicted octanol–water partition coefficient (Wildman–Crippen LogP) is 6.32. The Morgan fingerprint density at radius 3 is 2.71 bits per heavy atom.